The third kappa shape index (κ3) is 8.90. The molecule has 0 radical (unpaired) electrons. The van der Waals surface area contributed by atoms with E-state index in [0.717, 1.165) is 12.0 Å². The topological polar surface area (TPSA) is 56.7 Å². The van der Waals surface area contributed by atoms with E-state index in [1.54, 1.807) is 14.1 Å². The number of aliphatic imine (C=N–C) groups is 1. The van der Waals surface area contributed by atoms with Crippen LogP contribution in [0.2, 0.25) is 0 Å². The van der Waals surface area contributed by atoms with Gasteiger partial charge in [-0.3, -0.25) is 4.79 Å². The highest BCUT2D eigenvalue weighted by Crippen LogP contribution is 2.13. The highest BCUT2D eigenvalue weighted by molar-refractivity contribution is 14.0. The average molecular weight is 458 g/mol. The molecule has 0 saturated heterocycles. The first-order valence-electron chi connectivity index (χ1n) is 8.31. The largest absolute Gasteiger partial charge is 0.353 e. The molecule has 0 fully saturated rings. The molecule has 0 heterocycles. The van der Waals surface area contributed by atoms with Gasteiger partial charge in [0.15, 0.2) is 5.96 Å². The second-order valence-corrected chi connectivity index (χ2v) is 6.22. The predicted octanol–water partition coefficient (Wildman–Crippen LogP) is 3.13. The van der Waals surface area contributed by atoms with Gasteiger partial charge in [-0.25, -0.2) is 4.99 Å². The fraction of sp³-hybridized carbons (Fsp3) is 0.474. The molecule has 1 aromatic carbocycles. The Morgan fingerprint density at radius 3 is 2.36 bits per heavy atom. The van der Waals surface area contributed by atoms with E-state index < -0.39 is 0 Å². The molecule has 0 saturated carbocycles. The van der Waals surface area contributed by atoms with Crippen LogP contribution in [0.5, 0.6) is 0 Å². The number of amides is 1. The molecule has 1 aromatic rings. The summed E-state index contributed by atoms with van der Waals surface area (Å²) < 4.78 is 0. The van der Waals surface area contributed by atoms with Crippen molar-refractivity contribution in [3.63, 3.8) is 0 Å². The maximum Gasteiger partial charge on any atom is 0.243 e. The molecule has 1 amide bonds. The monoisotopic (exact) mass is 458 g/mol. The first-order chi connectivity index (χ1) is 11.3. The third-order valence-electron chi connectivity index (χ3n) is 3.67. The van der Waals surface area contributed by atoms with Crippen LogP contribution >= 0.6 is 24.0 Å². The van der Waals surface area contributed by atoms with Crippen molar-refractivity contribution < 1.29 is 4.79 Å². The van der Waals surface area contributed by atoms with E-state index in [-0.39, 0.29) is 42.5 Å². The molecule has 0 aliphatic rings. The van der Waals surface area contributed by atoms with Gasteiger partial charge in [0, 0.05) is 20.6 Å². The average Bonchev–Trinajstić information content (AvgIpc) is 2.56. The zero-order chi connectivity index (χ0) is 18.1. The smallest absolute Gasteiger partial charge is 0.243 e. The molecule has 5 nitrogen and oxygen atoms in total. The lowest BCUT2D eigenvalue weighted by Gasteiger charge is -2.19. The number of hydrogen-bond donors (Lipinski definition) is 2. The van der Waals surface area contributed by atoms with Gasteiger partial charge in [-0.05, 0) is 31.4 Å². The second kappa shape index (κ2) is 11.9. The van der Waals surface area contributed by atoms with Crippen LogP contribution in [0, 0.1) is 0 Å². The van der Waals surface area contributed by atoms with E-state index >= 15 is 0 Å². The van der Waals surface area contributed by atoms with Crippen LogP contribution in [0.15, 0.2) is 41.4 Å². The molecule has 0 aromatic heterocycles. The van der Waals surface area contributed by atoms with Gasteiger partial charge in [0.1, 0.15) is 6.54 Å². The van der Waals surface area contributed by atoms with Crippen molar-refractivity contribution in [3.8, 4) is 0 Å². The first-order valence-corrected chi connectivity index (χ1v) is 8.31. The second-order valence-electron chi connectivity index (χ2n) is 6.22. The Morgan fingerprint density at radius 2 is 1.88 bits per heavy atom. The number of aryl methyl sites for hydroxylation is 1. The maximum absolute atomic E-state index is 11.8. The van der Waals surface area contributed by atoms with E-state index in [1.807, 2.05) is 6.92 Å². The molecular formula is C19H31IN4O. The van der Waals surface area contributed by atoms with Crippen molar-refractivity contribution in [1.82, 2.24) is 15.5 Å². The number of carbonyl (C=O) groups is 1. The Hall–Kier alpha value is -1.57. The van der Waals surface area contributed by atoms with Crippen molar-refractivity contribution in [1.29, 1.82) is 0 Å². The summed E-state index contributed by atoms with van der Waals surface area (Å²) >= 11 is 0. The number of carbonyl (C=O) groups excluding carboxylic acids is 1. The van der Waals surface area contributed by atoms with Crippen molar-refractivity contribution in [2.45, 2.75) is 33.2 Å². The quantitative estimate of drug-likeness (QED) is 0.286. The summed E-state index contributed by atoms with van der Waals surface area (Å²) in [5, 5.41) is 6.55. The van der Waals surface area contributed by atoms with E-state index in [4.69, 9.17) is 0 Å². The van der Waals surface area contributed by atoms with Gasteiger partial charge in [0.05, 0.1) is 6.04 Å². The normalized spacial score (nSPS) is 12.0. The van der Waals surface area contributed by atoms with Gasteiger partial charge in [-0.1, -0.05) is 43.3 Å². The molecule has 140 valence electrons. The van der Waals surface area contributed by atoms with Crippen LogP contribution in [0.3, 0.4) is 0 Å². The lowest BCUT2D eigenvalue weighted by atomic mass is 10.1. The Kier molecular flexibility index (Phi) is 11.1. The Morgan fingerprint density at radius 1 is 1.28 bits per heavy atom. The molecule has 0 spiro atoms. The molecule has 1 atom stereocenters. The fourth-order valence-electron chi connectivity index (χ4n) is 2.01. The molecule has 1 unspecified atom stereocenters. The van der Waals surface area contributed by atoms with Gasteiger partial charge in [0.25, 0.3) is 0 Å². The van der Waals surface area contributed by atoms with Gasteiger partial charge in [-0.2, -0.15) is 0 Å². The molecule has 25 heavy (non-hydrogen) atoms. The highest BCUT2D eigenvalue weighted by atomic mass is 127. The first kappa shape index (κ1) is 23.4. The predicted molar refractivity (Wildman–Crippen MR) is 117 cm³/mol. The number of benzene rings is 1. The number of likely N-dealkylation sites (N-methyl/N-ethyl adjacent to an activating group) is 1. The SMILES string of the molecule is C=C(C)CNC(=NCC(=O)N(C)C)NC(C)c1ccc(CC)cc1.I. The number of nitrogens with zero attached hydrogens (tertiary/aromatic N) is 2. The molecule has 0 aliphatic carbocycles. The van der Waals surface area contributed by atoms with E-state index in [1.165, 1.54) is 16.0 Å². The minimum atomic E-state index is -0.0358. The number of hydrogen-bond acceptors (Lipinski definition) is 2. The summed E-state index contributed by atoms with van der Waals surface area (Å²) in [6.45, 7) is 10.8. The lowest BCUT2D eigenvalue weighted by molar-refractivity contribution is -0.127. The Bertz CT molecular complexity index is 582. The molecular weight excluding hydrogens is 427 g/mol. The van der Waals surface area contributed by atoms with Gasteiger partial charge < -0.3 is 15.5 Å². The number of guanidine groups is 1. The number of halogens is 1. The molecule has 0 bridgehead atoms. The summed E-state index contributed by atoms with van der Waals surface area (Å²) in [4.78, 5) is 17.7. The minimum absolute atomic E-state index is 0. The van der Waals surface area contributed by atoms with Crippen LogP contribution in [0.4, 0.5) is 0 Å². The number of nitrogens with one attached hydrogen (secondary N) is 2. The van der Waals surface area contributed by atoms with E-state index in [2.05, 4.69) is 60.3 Å². The van der Waals surface area contributed by atoms with Crippen molar-refractivity contribution in [3.05, 3.63) is 47.5 Å². The Balaban J connectivity index is 0.00000576. The summed E-state index contributed by atoms with van der Waals surface area (Å²) in [6, 6.07) is 8.61. The molecule has 0 aliphatic heterocycles. The highest BCUT2D eigenvalue weighted by Gasteiger charge is 2.09. The van der Waals surface area contributed by atoms with E-state index in [9.17, 15) is 4.79 Å². The summed E-state index contributed by atoms with van der Waals surface area (Å²) in [5.41, 5.74) is 3.50. The number of rotatable bonds is 7. The van der Waals surface area contributed by atoms with Gasteiger partial charge >= 0.3 is 0 Å². The molecule has 2 N–H and O–H groups in total. The van der Waals surface area contributed by atoms with Gasteiger partial charge in [0.2, 0.25) is 5.91 Å². The zero-order valence-corrected chi connectivity index (χ0v) is 18.3. The summed E-state index contributed by atoms with van der Waals surface area (Å²) in [6.07, 6.45) is 1.03. The fourth-order valence-corrected chi connectivity index (χ4v) is 2.01. The summed E-state index contributed by atoms with van der Waals surface area (Å²) in [5.74, 6) is 0.576. The third-order valence-corrected chi connectivity index (χ3v) is 3.67. The van der Waals surface area contributed by atoms with Crippen LogP contribution in [0.25, 0.3) is 0 Å². The van der Waals surface area contributed by atoms with Crippen LogP contribution < -0.4 is 10.6 Å². The van der Waals surface area contributed by atoms with Crippen LogP contribution in [-0.2, 0) is 11.2 Å². The van der Waals surface area contributed by atoms with Crippen LogP contribution in [0.1, 0.15) is 37.9 Å². The zero-order valence-electron chi connectivity index (χ0n) is 15.9. The molecule has 6 heteroatoms. The Labute approximate surface area is 169 Å². The standard InChI is InChI=1S/C19H30N4O.HI/c1-7-16-8-10-17(11-9-16)15(4)22-19(20-12-14(2)3)21-13-18(24)23(5)6;/h8-11,15H,2,7,12-13H2,1,3-6H3,(H2,20,21,22);1H. The van der Waals surface area contributed by atoms with Crippen molar-refractivity contribution in [2.24, 2.45) is 4.99 Å². The van der Waals surface area contributed by atoms with Crippen molar-refractivity contribution >= 4 is 35.8 Å². The van der Waals surface area contributed by atoms with E-state index in [0.29, 0.717) is 12.5 Å². The summed E-state index contributed by atoms with van der Waals surface area (Å²) in [7, 11) is 3.45. The van der Waals surface area contributed by atoms with Gasteiger partial charge in [-0.15, -0.1) is 24.0 Å². The van der Waals surface area contributed by atoms with Crippen molar-refractivity contribution in [2.75, 3.05) is 27.2 Å². The minimum Gasteiger partial charge on any atom is -0.353 e. The molecule has 1 rings (SSSR count). The maximum atomic E-state index is 11.8. The lowest BCUT2D eigenvalue weighted by Crippen LogP contribution is -2.40. The van der Waals surface area contributed by atoms with Crippen LogP contribution in [-0.4, -0.2) is 44.0 Å².